The van der Waals surface area contributed by atoms with Gasteiger partial charge in [0.15, 0.2) is 0 Å². The molecule has 4 nitrogen and oxygen atoms in total. The summed E-state index contributed by atoms with van der Waals surface area (Å²) in [6.45, 7) is 2.79. The number of nitrogens with one attached hydrogen (secondary N) is 1. The molecule has 0 fully saturated rings. The van der Waals surface area contributed by atoms with Gasteiger partial charge in [0, 0.05) is 12.3 Å². The van der Waals surface area contributed by atoms with Crippen LogP contribution in [0.25, 0.3) is 0 Å². The average Bonchev–Trinajstić information content (AvgIpc) is 2.38. The second-order valence-corrected chi connectivity index (χ2v) is 4.00. The van der Waals surface area contributed by atoms with E-state index >= 15 is 0 Å². The molecule has 1 aromatic rings. The van der Waals surface area contributed by atoms with Crippen LogP contribution in [-0.4, -0.2) is 19.1 Å². The molecule has 1 amide bonds. The lowest BCUT2D eigenvalue weighted by molar-refractivity contribution is -0.120. The van der Waals surface area contributed by atoms with Crippen molar-refractivity contribution in [3.05, 3.63) is 29.8 Å². The molecule has 0 unspecified atom stereocenters. The molecule has 0 atom stereocenters. The second-order valence-electron chi connectivity index (χ2n) is 4.00. The fourth-order valence-electron chi connectivity index (χ4n) is 1.48. The van der Waals surface area contributed by atoms with Crippen LogP contribution >= 0.6 is 0 Å². The Labute approximate surface area is 108 Å². The van der Waals surface area contributed by atoms with Gasteiger partial charge in [-0.1, -0.05) is 25.8 Å². The molecule has 0 saturated heterocycles. The number of nitriles is 1. The normalized spacial score (nSPS) is 9.78. The van der Waals surface area contributed by atoms with Crippen LogP contribution in [0.4, 0.5) is 5.69 Å². The fourth-order valence-corrected chi connectivity index (χ4v) is 1.48. The summed E-state index contributed by atoms with van der Waals surface area (Å²) in [7, 11) is 0. The summed E-state index contributed by atoms with van der Waals surface area (Å²) >= 11 is 0. The SMILES string of the molecule is CCCCCOCC(=O)Nc1cccc(C#N)c1. The molecule has 0 aliphatic rings. The standard InChI is InChI=1S/C14H18N2O2/c1-2-3-4-8-18-11-14(17)16-13-7-5-6-12(9-13)10-15/h5-7,9H,2-4,8,11H2,1H3,(H,16,17). The zero-order chi connectivity index (χ0) is 13.2. The van der Waals surface area contributed by atoms with E-state index in [-0.39, 0.29) is 12.5 Å². The largest absolute Gasteiger partial charge is 0.372 e. The molecule has 0 aromatic heterocycles. The molecule has 1 aromatic carbocycles. The molecule has 0 aliphatic carbocycles. The number of unbranched alkanes of at least 4 members (excludes halogenated alkanes) is 2. The van der Waals surface area contributed by atoms with Crippen LogP contribution in [0.1, 0.15) is 31.7 Å². The van der Waals surface area contributed by atoms with Crippen molar-refractivity contribution < 1.29 is 9.53 Å². The van der Waals surface area contributed by atoms with Gasteiger partial charge in [0.1, 0.15) is 6.61 Å². The lowest BCUT2D eigenvalue weighted by Crippen LogP contribution is -2.18. The number of benzene rings is 1. The molecule has 0 heterocycles. The molecule has 96 valence electrons. The molecule has 0 radical (unpaired) electrons. The van der Waals surface area contributed by atoms with Crippen LogP contribution in [0.2, 0.25) is 0 Å². The molecular weight excluding hydrogens is 228 g/mol. The maximum Gasteiger partial charge on any atom is 0.250 e. The van der Waals surface area contributed by atoms with Crippen molar-refractivity contribution in [1.82, 2.24) is 0 Å². The molecule has 18 heavy (non-hydrogen) atoms. The first-order valence-corrected chi connectivity index (χ1v) is 6.14. The van der Waals surface area contributed by atoms with E-state index in [1.807, 2.05) is 6.07 Å². The van der Waals surface area contributed by atoms with E-state index in [4.69, 9.17) is 10.00 Å². The molecule has 0 bridgehead atoms. The Morgan fingerprint density at radius 1 is 1.44 bits per heavy atom. The molecule has 1 rings (SSSR count). The zero-order valence-electron chi connectivity index (χ0n) is 10.6. The number of hydrogen-bond donors (Lipinski definition) is 1. The Morgan fingerprint density at radius 3 is 3.00 bits per heavy atom. The van der Waals surface area contributed by atoms with Gasteiger partial charge in [0.05, 0.1) is 11.6 Å². The summed E-state index contributed by atoms with van der Waals surface area (Å²) in [6.07, 6.45) is 3.23. The number of anilines is 1. The Balaban J connectivity index is 2.29. The Morgan fingerprint density at radius 2 is 2.28 bits per heavy atom. The highest BCUT2D eigenvalue weighted by atomic mass is 16.5. The van der Waals surface area contributed by atoms with Gasteiger partial charge in [-0.25, -0.2) is 0 Å². The van der Waals surface area contributed by atoms with E-state index in [2.05, 4.69) is 12.2 Å². The number of hydrogen-bond acceptors (Lipinski definition) is 3. The molecule has 4 heteroatoms. The lowest BCUT2D eigenvalue weighted by atomic mass is 10.2. The number of nitrogens with zero attached hydrogens (tertiary/aromatic N) is 1. The number of carbonyl (C=O) groups is 1. The minimum absolute atomic E-state index is 0.0560. The predicted octanol–water partition coefficient (Wildman–Crippen LogP) is 2.70. The highest BCUT2D eigenvalue weighted by Crippen LogP contribution is 2.09. The van der Waals surface area contributed by atoms with Gasteiger partial charge in [-0.05, 0) is 24.6 Å². The lowest BCUT2D eigenvalue weighted by Gasteiger charge is -2.06. The maximum atomic E-state index is 11.5. The molecule has 1 N–H and O–H groups in total. The molecule has 0 aliphatic heterocycles. The third-order valence-corrected chi connectivity index (χ3v) is 2.40. The number of rotatable bonds is 7. The van der Waals surface area contributed by atoms with Crippen LogP contribution in [0, 0.1) is 11.3 Å². The van der Waals surface area contributed by atoms with E-state index < -0.39 is 0 Å². The van der Waals surface area contributed by atoms with E-state index in [1.165, 1.54) is 0 Å². The Kier molecular flexibility index (Phi) is 6.52. The number of amides is 1. The summed E-state index contributed by atoms with van der Waals surface area (Å²) in [6, 6.07) is 8.83. The molecule has 0 spiro atoms. The van der Waals surface area contributed by atoms with Crippen LogP contribution < -0.4 is 5.32 Å². The highest BCUT2D eigenvalue weighted by Gasteiger charge is 2.02. The van der Waals surface area contributed by atoms with Crippen molar-refractivity contribution in [3.63, 3.8) is 0 Å². The van der Waals surface area contributed by atoms with Crippen molar-refractivity contribution in [3.8, 4) is 6.07 Å². The summed E-state index contributed by atoms with van der Waals surface area (Å²) in [5.74, 6) is -0.193. The zero-order valence-corrected chi connectivity index (χ0v) is 10.6. The third-order valence-electron chi connectivity index (χ3n) is 2.40. The second kappa shape index (κ2) is 8.26. The first-order valence-electron chi connectivity index (χ1n) is 6.14. The maximum absolute atomic E-state index is 11.5. The van der Waals surface area contributed by atoms with E-state index in [0.29, 0.717) is 17.9 Å². The minimum Gasteiger partial charge on any atom is -0.372 e. The molecular formula is C14H18N2O2. The van der Waals surface area contributed by atoms with Gasteiger partial charge in [-0.15, -0.1) is 0 Å². The number of carbonyl (C=O) groups excluding carboxylic acids is 1. The summed E-state index contributed by atoms with van der Waals surface area (Å²) in [4.78, 5) is 11.5. The van der Waals surface area contributed by atoms with E-state index in [9.17, 15) is 4.79 Å². The Bertz CT molecular complexity index is 424. The average molecular weight is 246 g/mol. The smallest absolute Gasteiger partial charge is 0.250 e. The van der Waals surface area contributed by atoms with Gasteiger partial charge < -0.3 is 10.1 Å². The van der Waals surface area contributed by atoms with Crippen LogP contribution in [0.15, 0.2) is 24.3 Å². The predicted molar refractivity (Wildman–Crippen MR) is 70.1 cm³/mol. The van der Waals surface area contributed by atoms with E-state index in [0.717, 1.165) is 19.3 Å². The van der Waals surface area contributed by atoms with Crippen molar-refractivity contribution in [2.75, 3.05) is 18.5 Å². The molecule has 0 saturated carbocycles. The van der Waals surface area contributed by atoms with Crippen LogP contribution in [-0.2, 0) is 9.53 Å². The first kappa shape index (κ1) is 14.2. The third kappa shape index (κ3) is 5.46. The van der Waals surface area contributed by atoms with Gasteiger partial charge >= 0.3 is 0 Å². The van der Waals surface area contributed by atoms with Gasteiger partial charge in [-0.3, -0.25) is 4.79 Å². The van der Waals surface area contributed by atoms with Crippen molar-refractivity contribution in [1.29, 1.82) is 5.26 Å². The van der Waals surface area contributed by atoms with E-state index in [1.54, 1.807) is 24.3 Å². The van der Waals surface area contributed by atoms with Crippen LogP contribution in [0.3, 0.4) is 0 Å². The quantitative estimate of drug-likeness (QED) is 0.752. The fraction of sp³-hybridized carbons (Fsp3) is 0.429. The topological polar surface area (TPSA) is 62.1 Å². The minimum atomic E-state index is -0.193. The van der Waals surface area contributed by atoms with Crippen molar-refractivity contribution >= 4 is 11.6 Å². The first-order chi connectivity index (χ1) is 8.76. The van der Waals surface area contributed by atoms with Gasteiger partial charge in [0.2, 0.25) is 5.91 Å². The Hall–Kier alpha value is -1.86. The van der Waals surface area contributed by atoms with Gasteiger partial charge in [-0.2, -0.15) is 5.26 Å². The summed E-state index contributed by atoms with van der Waals surface area (Å²) < 4.78 is 5.25. The summed E-state index contributed by atoms with van der Waals surface area (Å²) in [5.41, 5.74) is 1.15. The van der Waals surface area contributed by atoms with Crippen molar-refractivity contribution in [2.45, 2.75) is 26.2 Å². The monoisotopic (exact) mass is 246 g/mol. The van der Waals surface area contributed by atoms with Gasteiger partial charge in [0.25, 0.3) is 0 Å². The van der Waals surface area contributed by atoms with Crippen molar-refractivity contribution in [2.24, 2.45) is 0 Å². The number of ether oxygens (including phenoxy) is 1. The highest BCUT2D eigenvalue weighted by molar-refractivity contribution is 5.91. The van der Waals surface area contributed by atoms with Crippen LogP contribution in [0.5, 0.6) is 0 Å². The summed E-state index contributed by atoms with van der Waals surface area (Å²) in [5, 5.41) is 11.4.